The van der Waals surface area contributed by atoms with Crippen LogP contribution in [0.25, 0.3) is 0 Å². The molecule has 1 aliphatic heterocycles. The number of nitrogens with one attached hydrogen (secondary N) is 1. The normalized spacial score (nSPS) is 18.3. The molecule has 0 unspecified atom stereocenters. The van der Waals surface area contributed by atoms with Gasteiger partial charge < -0.3 is 5.32 Å². The van der Waals surface area contributed by atoms with Gasteiger partial charge in [-0.25, -0.2) is 4.98 Å². The first-order valence-electron chi connectivity index (χ1n) is 4.49. The molecule has 0 bridgehead atoms. The van der Waals surface area contributed by atoms with Crippen LogP contribution in [0.4, 0.5) is 5.82 Å². The minimum atomic E-state index is -3.53. The van der Waals surface area contributed by atoms with Crippen LogP contribution in [-0.4, -0.2) is 19.2 Å². The van der Waals surface area contributed by atoms with Crippen LogP contribution >= 0.6 is 11.3 Å². The van der Waals surface area contributed by atoms with E-state index in [0.29, 0.717) is 11.7 Å². The highest BCUT2D eigenvalue weighted by Gasteiger charge is 2.29. The molecule has 0 aliphatic carbocycles. The van der Waals surface area contributed by atoms with Crippen molar-refractivity contribution in [1.29, 1.82) is 0 Å². The Hall–Kier alpha value is -0.950. The van der Waals surface area contributed by atoms with E-state index in [9.17, 15) is 8.42 Å². The first-order valence-corrected chi connectivity index (χ1v) is 6.75. The highest BCUT2D eigenvalue weighted by molar-refractivity contribution is 7.92. The Bertz CT molecular complexity index is 528. The van der Waals surface area contributed by atoms with Crippen LogP contribution in [0.15, 0.2) is 8.61 Å². The Morgan fingerprint density at radius 2 is 2.07 bits per heavy atom. The Morgan fingerprint density at radius 1 is 1.40 bits per heavy atom. The predicted molar refractivity (Wildman–Crippen MR) is 59.9 cm³/mol. The molecule has 82 valence electrons. The highest BCUT2D eigenvalue weighted by atomic mass is 32.2. The lowest BCUT2D eigenvalue weighted by atomic mass is 10.2. The lowest BCUT2D eigenvalue weighted by Crippen LogP contribution is -2.25. The molecule has 0 atom stereocenters. The molecule has 0 fully saturated rings. The number of hydrogen-bond donors (Lipinski definition) is 1. The fourth-order valence-corrected chi connectivity index (χ4v) is 3.66. The Morgan fingerprint density at radius 3 is 2.67 bits per heavy atom. The largest absolute Gasteiger partial charge is 0.326 e. The van der Waals surface area contributed by atoms with Crippen molar-refractivity contribution in [2.24, 2.45) is 10.3 Å². The topological polar surface area (TPSA) is 71.4 Å². The van der Waals surface area contributed by atoms with Gasteiger partial charge in [0.25, 0.3) is 10.0 Å². The summed E-state index contributed by atoms with van der Waals surface area (Å²) in [4.78, 5) is 4.13. The Balaban J connectivity index is 2.58. The lowest BCUT2D eigenvalue weighted by molar-refractivity contribution is 0.599. The van der Waals surface area contributed by atoms with Gasteiger partial charge in [0.05, 0.1) is 5.01 Å². The van der Waals surface area contributed by atoms with Gasteiger partial charge in [-0.3, -0.25) is 0 Å². The summed E-state index contributed by atoms with van der Waals surface area (Å²) in [6.07, 6.45) is 0. The summed E-state index contributed by atoms with van der Waals surface area (Å²) < 4.78 is 27.4. The molecule has 1 aromatic heterocycles. The summed E-state index contributed by atoms with van der Waals surface area (Å²) in [6.45, 7) is 5.53. The van der Waals surface area contributed by atoms with E-state index in [2.05, 4.69) is 14.7 Å². The van der Waals surface area contributed by atoms with Crippen LogP contribution in [0.1, 0.15) is 18.9 Å². The Kier molecular flexibility index (Phi) is 2.31. The first-order chi connectivity index (χ1) is 6.90. The van der Waals surface area contributed by atoms with Crippen molar-refractivity contribution in [1.82, 2.24) is 4.98 Å². The molecule has 5 nitrogen and oxygen atoms in total. The van der Waals surface area contributed by atoms with Gasteiger partial charge in [0, 0.05) is 5.92 Å². The van der Waals surface area contributed by atoms with Crippen molar-refractivity contribution in [3.63, 3.8) is 0 Å². The first kappa shape index (κ1) is 10.6. The minimum Gasteiger partial charge on any atom is -0.326 e. The quantitative estimate of drug-likeness (QED) is 0.816. The smallest absolute Gasteiger partial charge is 0.297 e. The molecule has 1 aromatic rings. The fraction of sp³-hybridized carbons (Fsp3) is 0.500. The third kappa shape index (κ3) is 1.76. The molecule has 2 rings (SSSR count). The van der Waals surface area contributed by atoms with Crippen molar-refractivity contribution in [2.75, 3.05) is 5.32 Å². The van der Waals surface area contributed by atoms with E-state index in [1.807, 2.05) is 13.8 Å². The maximum absolute atomic E-state index is 11.7. The van der Waals surface area contributed by atoms with Gasteiger partial charge in [0.1, 0.15) is 5.84 Å². The number of aryl methyl sites for hydroxylation is 1. The molecule has 0 aromatic carbocycles. The van der Waals surface area contributed by atoms with Crippen molar-refractivity contribution < 1.29 is 8.42 Å². The number of anilines is 1. The molecule has 1 aliphatic rings. The number of amidine groups is 1. The molecule has 7 heteroatoms. The highest BCUT2D eigenvalue weighted by Crippen LogP contribution is 2.32. The zero-order chi connectivity index (χ0) is 11.2. The van der Waals surface area contributed by atoms with E-state index < -0.39 is 10.0 Å². The summed E-state index contributed by atoms with van der Waals surface area (Å²) in [6, 6.07) is 0. The molecule has 0 saturated heterocycles. The fourth-order valence-electron chi connectivity index (χ4n) is 1.23. The minimum absolute atomic E-state index is 0.0370. The number of aromatic nitrogens is 1. The van der Waals surface area contributed by atoms with Crippen LogP contribution in [0.3, 0.4) is 0 Å². The summed E-state index contributed by atoms with van der Waals surface area (Å²) in [5.74, 6) is 0.902. The van der Waals surface area contributed by atoms with Crippen LogP contribution < -0.4 is 5.32 Å². The van der Waals surface area contributed by atoms with Crippen LogP contribution in [0.5, 0.6) is 0 Å². The summed E-state index contributed by atoms with van der Waals surface area (Å²) in [5, 5.41) is 3.66. The van der Waals surface area contributed by atoms with E-state index in [4.69, 9.17) is 0 Å². The van der Waals surface area contributed by atoms with E-state index in [1.54, 1.807) is 6.92 Å². The molecule has 0 amide bonds. The van der Waals surface area contributed by atoms with Crippen molar-refractivity contribution >= 4 is 33.0 Å². The summed E-state index contributed by atoms with van der Waals surface area (Å²) in [5.41, 5.74) is 0. The monoisotopic (exact) mass is 245 g/mol. The number of fused-ring (bicyclic) bond motifs is 1. The SMILES string of the molecule is Cc1nc2c(s1)S(=O)(=O)N=C(C(C)C)N2. The van der Waals surface area contributed by atoms with E-state index in [-0.39, 0.29) is 10.1 Å². The molecule has 0 radical (unpaired) electrons. The maximum Gasteiger partial charge on any atom is 0.297 e. The molecule has 15 heavy (non-hydrogen) atoms. The molecule has 2 heterocycles. The third-order valence-electron chi connectivity index (χ3n) is 1.95. The van der Waals surface area contributed by atoms with E-state index in [0.717, 1.165) is 16.3 Å². The van der Waals surface area contributed by atoms with E-state index in [1.165, 1.54) is 0 Å². The van der Waals surface area contributed by atoms with Crippen LogP contribution in [0, 0.1) is 12.8 Å². The number of sulfonamides is 1. The predicted octanol–water partition coefficient (Wildman–Crippen LogP) is 1.62. The Labute approximate surface area is 92.3 Å². The molecule has 0 spiro atoms. The summed E-state index contributed by atoms with van der Waals surface area (Å²) in [7, 11) is -3.53. The van der Waals surface area contributed by atoms with Gasteiger partial charge in [-0.1, -0.05) is 13.8 Å². The van der Waals surface area contributed by atoms with Gasteiger partial charge in [0.2, 0.25) is 0 Å². The second kappa shape index (κ2) is 3.28. The summed E-state index contributed by atoms with van der Waals surface area (Å²) >= 11 is 1.14. The maximum atomic E-state index is 11.7. The van der Waals surface area contributed by atoms with Gasteiger partial charge >= 0.3 is 0 Å². The van der Waals surface area contributed by atoms with Crippen molar-refractivity contribution in [3.8, 4) is 0 Å². The number of rotatable bonds is 1. The second-order valence-electron chi connectivity index (χ2n) is 3.60. The number of nitrogens with zero attached hydrogens (tertiary/aromatic N) is 2. The zero-order valence-corrected chi connectivity index (χ0v) is 10.2. The molecular formula is C8H11N3O2S2. The molecular weight excluding hydrogens is 234 g/mol. The van der Waals surface area contributed by atoms with Gasteiger partial charge in [0.15, 0.2) is 10.0 Å². The number of hydrogen-bond acceptors (Lipinski definition) is 5. The van der Waals surface area contributed by atoms with Crippen molar-refractivity contribution in [2.45, 2.75) is 25.0 Å². The van der Waals surface area contributed by atoms with E-state index >= 15 is 0 Å². The average Bonchev–Trinajstić information content (AvgIpc) is 2.45. The van der Waals surface area contributed by atoms with Crippen LogP contribution in [0.2, 0.25) is 0 Å². The molecule has 1 N–H and O–H groups in total. The zero-order valence-electron chi connectivity index (χ0n) is 8.60. The second-order valence-corrected chi connectivity index (χ2v) is 6.60. The standard InChI is InChI=1S/C8H11N3O2S2/c1-4(2)6-10-7-8(14-5(3)9-7)15(12,13)11-6/h4H,1-3H3,(H,10,11). The number of thiazole rings is 1. The lowest BCUT2D eigenvalue weighted by Gasteiger charge is -2.15. The average molecular weight is 245 g/mol. The third-order valence-corrected chi connectivity index (χ3v) is 4.70. The van der Waals surface area contributed by atoms with Crippen LogP contribution in [-0.2, 0) is 10.0 Å². The molecule has 0 saturated carbocycles. The van der Waals surface area contributed by atoms with Gasteiger partial charge in [-0.05, 0) is 6.92 Å². The van der Waals surface area contributed by atoms with Crippen molar-refractivity contribution in [3.05, 3.63) is 5.01 Å². The van der Waals surface area contributed by atoms with Gasteiger partial charge in [-0.2, -0.15) is 8.42 Å². The van der Waals surface area contributed by atoms with Gasteiger partial charge in [-0.15, -0.1) is 15.7 Å².